The first kappa shape index (κ1) is 15.3. The van der Waals surface area contributed by atoms with Gasteiger partial charge >= 0.3 is 0 Å². The second-order valence-corrected chi connectivity index (χ2v) is 4.83. The van der Waals surface area contributed by atoms with Crippen LogP contribution in [0.1, 0.15) is 5.56 Å². The summed E-state index contributed by atoms with van der Waals surface area (Å²) >= 11 is 5.15. The van der Waals surface area contributed by atoms with E-state index in [1.54, 1.807) is 25.3 Å². The molecule has 0 atom stereocenters. The van der Waals surface area contributed by atoms with Gasteiger partial charge < -0.3 is 15.4 Å². The topological polar surface area (TPSA) is 33.3 Å². The second-order valence-electron chi connectivity index (χ2n) is 4.42. The van der Waals surface area contributed by atoms with Crippen molar-refractivity contribution in [3.63, 3.8) is 0 Å². The van der Waals surface area contributed by atoms with E-state index in [0.29, 0.717) is 17.3 Å². The number of hydrogen-bond donors (Lipinski definition) is 2. The Labute approximate surface area is 129 Å². The second kappa shape index (κ2) is 7.59. The van der Waals surface area contributed by atoms with Crippen molar-refractivity contribution in [2.24, 2.45) is 0 Å². The zero-order chi connectivity index (χ0) is 15.1. The molecule has 2 aromatic rings. The van der Waals surface area contributed by atoms with Crippen LogP contribution in [-0.2, 0) is 6.42 Å². The van der Waals surface area contributed by atoms with E-state index in [0.717, 1.165) is 17.7 Å². The summed E-state index contributed by atoms with van der Waals surface area (Å²) in [5.74, 6) is 0.527. The van der Waals surface area contributed by atoms with Gasteiger partial charge in [-0.15, -0.1) is 0 Å². The maximum atomic E-state index is 13.5. The van der Waals surface area contributed by atoms with Gasteiger partial charge in [-0.05, 0) is 42.4 Å². The van der Waals surface area contributed by atoms with Crippen LogP contribution in [0.2, 0.25) is 0 Å². The Hall–Kier alpha value is -2.14. The number of nitrogens with one attached hydrogen (secondary N) is 2. The maximum absolute atomic E-state index is 13.5. The van der Waals surface area contributed by atoms with Crippen LogP contribution < -0.4 is 15.4 Å². The Morgan fingerprint density at radius 3 is 2.62 bits per heavy atom. The molecule has 2 rings (SSSR count). The van der Waals surface area contributed by atoms with Crippen LogP contribution in [0, 0.1) is 5.82 Å². The zero-order valence-corrected chi connectivity index (χ0v) is 12.5. The van der Waals surface area contributed by atoms with E-state index in [9.17, 15) is 4.39 Å². The van der Waals surface area contributed by atoms with Crippen LogP contribution in [-0.4, -0.2) is 18.8 Å². The minimum Gasteiger partial charge on any atom is -0.496 e. The Kier molecular flexibility index (Phi) is 5.51. The van der Waals surface area contributed by atoms with E-state index in [1.165, 1.54) is 6.07 Å². The summed E-state index contributed by atoms with van der Waals surface area (Å²) in [5, 5.41) is 6.29. The van der Waals surface area contributed by atoms with E-state index in [1.807, 2.05) is 24.3 Å². The van der Waals surface area contributed by atoms with Gasteiger partial charge in [0, 0.05) is 6.54 Å². The molecule has 0 saturated carbocycles. The molecule has 0 radical (unpaired) electrons. The van der Waals surface area contributed by atoms with Gasteiger partial charge in [-0.25, -0.2) is 4.39 Å². The van der Waals surface area contributed by atoms with Crippen LogP contribution in [0.25, 0.3) is 0 Å². The summed E-state index contributed by atoms with van der Waals surface area (Å²) in [6.45, 7) is 0.640. The van der Waals surface area contributed by atoms with Crippen LogP contribution >= 0.6 is 12.2 Å². The molecular weight excluding hydrogens is 287 g/mol. The quantitative estimate of drug-likeness (QED) is 0.830. The summed E-state index contributed by atoms with van der Waals surface area (Å²) in [6.07, 6.45) is 0.767. The molecule has 110 valence electrons. The lowest BCUT2D eigenvalue weighted by Crippen LogP contribution is -2.30. The predicted molar refractivity (Wildman–Crippen MR) is 87.3 cm³/mol. The molecule has 2 N–H and O–H groups in total. The molecule has 2 aromatic carbocycles. The lowest BCUT2D eigenvalue weighted by molar-refractivity contribution is 0.409. The highest BCUT2D eigenvalue weighted by Gasteiger charge is 2.04. The molecule has 0 spiro atoms. The first-order valence-electron chi connectivity index (χ1n) is 6.62. The maximum Gasteiger partial charge on any atom is 0.170 e. The molecule has 0 aliphatic rings. The van der Waals surface area contributed by atoms with E-state index in [4.69, 9.17) is 17.0 Å². The van der Waals surface area contributed by atoms with Crippen molar-refractivity contribution in [1.82, 2.24) is 5.32 Å². The monoisotopic (exact) mass is 304 g/mol. The number of thiocarbonyl (C=S) groups is 1. The first-order valence-corrected chi connectivity index (χ1v) is 7.03. The molecule has 3 nitrogen and oxygen atoms in total. The number of halogens is 1. The molecule has 0 aliphatic carbocycles. The molecule has 5 heteroatoms. The summed E-state index contributed by atoms with van der Waals surface area (Å²) < 4.78 is 18.8. The normalized spacial score (nSPS) is 10.0. The minimum atomic E-state index is -0.327. The summed E-state index contributed by atoms with van der Waals surface area (Å²) in [6, 6.07) is 14.2. The summed E-state index contributed by atoms with van der Waals surface area (Å²) in [4.78, 5) is 0. The number of rotatable bonds is 5. The molecule has 21 heavy (non-hydrogen) atoms. The van der Waals surface area contributed by atoms with Gasteiger partial charge in [0.2, 0.25) is 0 Å². The van der Waals surface area contributed by atoms with Gasteiger partial charge in [-0.1, -0.05) is 30.3 Å². The van der Waals surface area contributed by atoms with Crippen molar-refractivity contribution in [2.45, 2.75) is 6.42 Å². The van der Waals surface area contributed by atoms with Gasteiger partial charge in [0.05, 0.1) is 12.8 Å². The van der Waals surface area contributed by atoms with Crippen LogP contribution in [0.4, 0.5) is 10.1 Å². The van der Waals surface area contributed by atoms with Crippen molar-refractivity contribution in [2.75, 3.05) is 19.0 Å². The summed E-state index contributed by atoms with van der Waals surface area (Å²) in [5.41, 5.74) is 1.47. The highest BCUT2D eigenvalue weighted by molar-refractivity contribution is 7.80. The average Bonchev–Trinajstić information content (AvgIpc) is 2.50. The molecule has 0 unspecified atom stereocenters. The Bertz CT molecular complexity index is 619. The fourth-order valence-corrected chi connectivity index (χ4v) is 2.16. The lowest BCUT2D eigenvalue weighted by Gasteiger charge is -2.12. The molecule has 0 bridgehead atoms. The first-order chi connectivity index (χ1) is 10.2. The number of benzene rings is 2. The van der Waals surface area contributed by atoms with Crippen molar-refractivity contribution < 1.29 is 9.13 Å². The van der Waals surface area contributed by atoms with E-state index < -0.39 is 0 Å². The Balaban J connectivity index is 1.83. The molecule has 0 saturated heterocycles. The third-order valence-electron chi connectivity index (χ3n) is 2.99. The molecule has 0 amide bonds. The van der Waals surface area contributed by atoms with Crippen molar-refractivity contribution >= 4 is 23.0 Å². The molecule has 0 fully saturated rings. The van der Waals surface area contributed by atoms with E-state index >= 15 is 0 Å². The summed E-state index contributed by atoms with van der Waals surface area (Å²) in [7, 11) is 1.65. The van der Waals surface area contributed by atoms with Crippen molar-refractivity contribution in [1.29, 1.82) is 0 Å². The minimum absolute atomic E-state index is 0.327. The van der Waals surface area contributed by atoms with Crippen LogP contribution in [0.5, 0.6) is 5.75 Å². The molecule has 0 heterocycles. The number of ether oxygens (including phenoxy) is 1. The Morgan fingerprint density at radius 2 is 1.86 bits per heavy atom. The van der Waals surface area contributed by atoms with Crippen LogP contribution in [0.3, 0.4) is 0 Å². The standard InChI is InChI=1S/C16H17FN2OS/c1-20-15-9-5-2-6-12(15)10-11-18-16(21)19-14-8-4-3-7-13(14)17/h2-9H,10-11H2,1H3,(H2,18,19,21). The largest absolute Gasteiger partial charge is 0.496 e. The number of para-hydroxylation sites is 2. The smallest absolute Gasteiger partial charge is 0.170 e. The Morgan fingerprint density at radius 1 is 1.14 bits per heavy atom. The SMILES string of the molecule is COc1ccccc1CCNC(=S)Nc1ccccc1F. The molecular formula is C16H17FN2OS. The van der Waals surface area contributed by atoms with E-state index in [2.05, 4.69) is 10.6 Å². The van der Waals surface area contributed by atoms with E-state index in [-0.39, 0.29) is 5.82 Å². The van der Waals surface area contributed by atoms with Gasteiger partial charge in [0.15, 0.2) is 5.11 Å². The predicted octanol–water partition coefficient (Wildman–Crippen LogP) is 3.36. The van der Waals surface area contributed by atoms with Crippen molar-refractivity contribution in [3.05, 3.63) is 59.9 Å². The van der Waals surface area contributed by atoms with Crippen LogP contribution in [0.15, 0.2) is 48.5 Å². The highest BCUT2D eigenvalue weighted by atomic mass is 32.1. The fraction of sp³-hybridized carbons (Fsp3) is 0.188. The zero-order valence-electron chi connectivity index (χ0n) is 11.7. The highest BCUT2D eigenvalue weighted by Crippen LogP contribution is 2.17. The van der Waals surface area contributed by atoms with Gasteiger partial charge in [0.25, 0.3) is 0 Å². The molecule has 0 aromatic heterocycles. The number of anilines is 1. The third kappa shape index (κ3) is 4.43. The number of methoxy groups -OCH3 is 1. The van der Waals surface area contributed by atoms with Gasteiger partial charge in [-0.2, -0.15) is 0 Å². The fourth-order valence-electron chi connectivity index (χ4n) is 1.95. The molecule has 0 aliphatic heterocycles. The number of hydrogen-bond acceptors (Lipinski definition) is 2. The lowest BCUT2D eigenvalue weighted by atomic mass is 10.1. The average molecular weight is 304 g/mol. The van der Waals surface area contributed by atoms with Crippen molar-refractivity contribution in [3.8, 4) is 5.75 Å². The van der Waals surface area contributed by atoms with Gasteiger partial charge in [-0.3, -0.25) is 0 Å². The van der Waals surface area contributed by atoms with Gasteiger partial charge in [0.1, 0.15) is 11.6 Å². The third-order valence-corrected chi connectivity index (χ3v) is 3.24.